The van der Waals surface area contributed by atoms with Crippen LogP contribution in [0.5, 0.6) is 0 Å². The molecule has 1 aromatic heterocycles. The minimum Gasteiger partial charge on any atom is -0.396 e. The molecule has 0 amide bonds. The van der Waals surface area contributed by atoms with Crippen LogP contribution in [0.4, 0.5) is 15.2 Å². The molecule has 0 aliphatic rings. The molecule has 0 atom stereocenters. The number of anilines is 2. The van der Waals surface area contributed by atoms with Gasteiger partial charge in [-0.05, 0) is 31.5 Å². The number of aryl methyl sites for hydroxylation is 2. The minimum atomic E-state index is -3.85. The smallest absolute Gasteiger partial charge is 0.263 e. The van der Waals surface area contributed by atoms with Crippen LogP contribution in [0.25, 0.3) is 0 Å². The molecule has 0 unspecified atom stereocenters. The van der Waals surface area contributed by atoms with Gasteiger partial charge < -0.3 is 5.73 Å². The van der Waals surface area contributed by atoms with Crippen LogP contribution in [0, 0.1) is 19.7 Å². The van der Waals surface area contributed by atoms with Gasteiger partial charge in [-0.2, -0.15) is 4.37 Å². The number of nitrogens with zero attached hydrogens (tertiary/aromatic N) is 2. The van der Waals surface area contributed by atoms with E-state index in [0.29, 0.717) is 5.82 Å². The molecule has 0 saturated carbocycles. The maximum Gasteiger partial charge on any atom is 0.263 e. The molecule has 0 aliphatic carbocycles. The Morgan fingerprint density at radius 2 is 2.05 bits per heavy atom. The fourth-order valence-electron chi connectivity index (χ4n) is 1.43. The maximum absolute atomic E-state index is 13.4. The summed E-state index contributed by atoms with van der Waals surface area (Å²) < 4.78 is 43.7. The zero-order chi connectivity index (χ0) is 14.2. The SMILES string of the molecule is Cc1nsc(NS(=O)(=O)c2cc(C)c(F)c(N)c2)n1. The number of hydrogen-bond donors (Lipinski definition) is 2. The Morgan fingerprint density at radius 1 is 1.37 bits per heavy atom. The molecule has 0 saturated heterocycles. The number of aromatic nitrogens is 2. The van der Waals surface area contributed by atoms with E-state index in [-0.39, 0.29) is 21.3 Å². The van der Waals surface area contributed by atoms with Crippen molar-refractivity contribution in [3.05, 3.63) is 29.3 Å². The van der Waals surface area contributed by atoms with E-state index in [2.05, 4.69) is 14.1 Å². The molecule has 0 bridgehead atoms. The molecule has 0 aliphatic heterocycles. The quantitative estimate of drug-likeness (QED) is 0.841. The van der Waals surface area contributed by atoms with Crippen molar-refractivity contribution in [3.63, 3.8) is 0 Å². The zero-order valence-corrected chi connectivity index (χ0v) is 11.8. The van der Waals surface area contributed by atoms with E-state index >= 15 is 0 Å². The van der Waals surface area contributed by atoms with Gasteiger partial charge in [-0.25, -0.2) is 17.8 Å². The fourth-order valence-corrected chi connectivity index (χ4v) is 3.35. The predicted molar refractivity (Wildman–Crippen MR) is 71.0 cm³/mol. The number of hydrogen-bond acceptors (Lipinski definition) is 6. The topological polar surface area (TPSA) is 98.0 Å². The number of sulfonamides is 1. The largest absolute Gasteiger partial charge is 0.396 e. The molecule has 0 spiro atoms. The highest BCUT2D eigenvalue weighted by Gasteiger charge is 2.19. The Bertz CT molecular complexity index is 704. The van der Waals surface area contributed by atoms with Crippen LogP contribution in [0.3, 0.4) is 0 Å². The van der Waals surface area contributed by atoms with Gasteiger partial charge >= 0.3 is 0 Å². The number of nitrogens with two attached hydrogens (primary N) is 1. The Kier molecular flexibility index (Phi) is 3.42. The summed E-state index contributed by atoms with van der Waals surface area (Å²) in [6, 6.07) is 2.28. The third kappa shape index (κ3) is 2.82. The number of benzene rings is 1. The van der Waals surface area contributed by atoms with Crippen molar-refractivity contribution in [2.24, 2.45) is 0 Å². The molecule has 0 radical (unpaired) electrons. The van der Waals surface area contributed by atoms with Gasteiger partial charge in [0.05, 0.1) is 10.6 Å². The van der Waals surface area contributed by atoms with E-state index in [1.165, 1.54) is 13.0 Å². The average Bonchev–Trinajstić information content (AvgIpc) is 2.70. The lowest BCUT2D eigenvalue weighted by Crippen LogP contribution is -2.14. The minimum absolute atomic E-state index is 0.114. The molecule has 0 fully saturated rings. The lowest BCUT2D eigenvalue weighted by molar-refractivity contribution is 0.599. The summed E-state index contributed by atoms with van der Waals surface area (Å²) in [5.41, 5.74) is 5.37. The second kappa shape index (κ2) is 4.74. The first kappa shape index (κ1) is 13.7. The molecule has 1 aromatic carbocycles. The van der Waals surface area contributed by atoms with E-state index < -0.39 is 15.8 Å². The number of nitrogen functional groups attached to an aromatic ring is 1. The van der Waals surface area contributed by atoms with Crippen molar-refractivity contribution in [2.75, 3.05) is 10.5 Å². The third-order valence-corrected chi connectivity index (χ3v) is 4.49. The van der Waals surface area contributed by atoms with E-state index in [4.69, 9.17) is 5.73 Å². The highest BCUT2D eigenvalue weighted by atomic mass is 32.2. The molecule has 1 heterocycles. The Morgan fingerprint density at radius 3 is 2.58 bits per heavy atom. The molecule has 2 aromatic rings. The molecule has 6 nitrogen and oxygen atoms in total. The highest BCUT2D eigenvalue weighted by molar-refractivity contribution is 7.93. The summed E-state index contributed by atoms with van der Waals surface area (Å²) in [6.45, 7) is 3.09. The summed E-state index contributed by atoms with van der Waals surface area (Å²) in [6.07, 6.45) is 0. The average molecular weight is 302 g/mol. The van der Waals surface area contributed by atoms with Gasteiger partial charge in [0.15, 0.2) is 0 Å². The lowest BCUT2D eigenvalue weighted by Gasteiger charge is -2.08. The molecule has 102 valence electrons. The molecule has 3 N–H and O–H groups in total. The van der Waals surface area contributed by atoms with Crippen molar-refractivity contribution in [2.45, 2.75) is 18.7 Å². The molecule has 2 rings (SSSR count). The first-order valence-corrected chi connectivity index (χ1v) is 7.44. The number of nitrogens with one attached hydrogen (secondary N) is 1. The zero-order valence-electron chi connectivity index (χ0n) is 10.1. The van der Waals surface area contributed by atoms with E-state index in [1.807, 2.05) is 0 Å². The first-order valence-electron chi connectivity index (χ1n) is 5.18. The van der Waals surface area contributed by atoms with Crippen molar-refractivity contribution < 1.29 is 12.8 Å². The molecular weight excluding hydrogens is 291 g/mol. The van der Waals surface area contributed by atoms with E-state index in [0.717, 1.165) is 17.6 Å². The van der Waals surface area contributed by atoms with Crippen LogP contribution >= 0.6 is 11.5 Å². The van der Waals surface area contributed by atoms with Crippen LogP contribution < -0.4 is 10.5 Å². The maximum atomic E-state index is 13.4. The van der Waals surface area contributed by atoms with E-state index in [1.54, 1.807) is 6.92 Å². The first-order chi connectivity index (χ1) is 8.79. The van der Waals surface area contributed by atoms with Gasteiger partial charge in [-0.15, -0.1) is 0 Å². The summed E-state index contributed by atoms with van der Waals surface area (Å²) >= 11 is 0.926. The van der Waals surface area contributed by atoms with Crippen molar-refractivity contribution in [1.29, 1.82) is 0 Å². The van der Waals surface area contributed by atoms with Gasteiger partial charge in [0.2, 0.25) is 5.13 Å². The molecule has 19 heavy (non-hydrogen) atoms. The van der Waals surface area contributed by atoms with Crippen molar-refractivity contribution >= 4 is 32.4 Å². The summed E-state index contributed by atoms with van der Waals surface area (Å²) in [5, 5.41) is 0.151. The van der Waals surface area contributed by atoms with Gasteiger partial charge in [0, 0.05) is 11.5 Å². The Labute approximate surface area is 113 Å². The number of halogens is 1. The Balaban J connectivity index is 2.40. The summed E-state index contributed by atoms with van der Waals surface area (Å²) in [5.74, 6) is -0.150. The summed E-state index contributed by atoms with van der Waals surface area (Å²) in [4.78, 5) is 3.78. The third-order valence-electron chi connectivity index (χ3n) is 2.32. The van der Waals surface area contributed by atoms with Gasteiger partial charge in [0.1, 0.15) is 11.6 Å². The second-order valence-corrected chi connectivity index (χ2v) is 6.33. The van der Waals surface area contributed by atoms with Gasteiger partial charge in [0.25, 0.3) is 10.0 Å². The number of rotatable bonds is 3. The summed E-state index contributed by atoms with van der Waals surface area (Å²) in [7, 11) is -3.85. The fraction of sp³-hybridized carbons (Fsp3) is 0.200. The highest BCUT2D eigenvalue weighted by Crippen LogP contribution is 2.23. The molecular formula is C10H11FN4O2S2. The van der Waals surface area contributed by atoms with Crippen LogP contribution in [-0.4, -0.2) is 17.8 Å². The van der Waals surface area contributed by atoms with Crippen LogP contribution in [0.2, 0.25) is 0 Å². The van der Waals surface area contributed by atoms with Crippen LogP contribution in [0.1, 0.15) is 11.4 Å². The van der Waals surface area contributed by atoms with Crippen LogP contribution in [-0.2, 0) is 10.0 Å². The Hall–Kier alpha value is -1.74. The second-order valence-electron chi connectivity index (χ2n) is 3.90. The van der Waals surface area contributed by atoms with Crippen molar-refractivity contribution in [1.82, 2.24) is 9.36 Å². The predicted octanol–water partition coefficient (Wildman–Crippen LogP) is 1.68. The monoisotopic (exact) mass is 302 g/mol. The standard InChI is InChI=1S/C10H11FN4O2S2/c1-5-3-7(4-8(12)9(5)11)19(16,17)15-10-13-6(2)14-18-10/h3-4H,12H2,1-2H3,(H,13,14,15). The van der Waals surface area contributed by atoms with Gasteiger partial charge in [-0.1, -0.05) is 0 Å². The van der Waals surface area contributed by atoms with Gasteiger partial charge in [-0.3, -0.25) is 4.72 Å². The van der Waals surface area contributed by atoms with Crippen molar-refractivity contribution in [3.8, 4) is 0 Å². The van der Waals surface area contributed by atoms with E-state index in [9.17, 15) is 12.8 Å². The van der Waals surface area contributed by atoms with Crippen LogP contribution in [0.15, 0.2) is 17.0 Å². The normalized spacial score (nSPS) is 11.5. The molecule has 9 heteroatoms. The lowest BCUT2D eigenvalue weighted by atomic mass is 10.2.